The van der Waals surface area contributed by atoms with Crippen LogP contribution < -0.4 is 16.0 Å². The highest BCUT2D eigenvalue weighted by Gasteiger charge is 2.42. The molecule has 154 valence electrons. The number of methoxy groups -OCH3 is 1. The molecule has 0 saturated heterocycles. The third kappa shape index (κ3) is 3.22. The summed E-state index contributed by atoms with van der Waals surface area (Å²) in [6.45, 7) is 3.53. The van der Waals surface area contributed by atoms with Crippen LogP contribution in [-0.4, -0.2) is 39.6 Å². The fourth-order valence-electron chi connectivity index (χ4n) is 3.70. The lowest BCUT2D eigenvalue weighted by Gasteiger charge is -2.31. The van der Waals surface area contributed by atoms with Crippen molar-refractivity contribution < 1.29 is 19.4 Å². The molecule has 0 spiro atoms. The van der Waals surface area contributed by atoms with Gasteiger partial charge in [0.2, 0.25) is 0 Å². The number of nitrogens with zero attached hydrogens (tertiary/aromatic N) is 3. The van der Waals surface area contributed by atoms with Gasteiger partial charge in [-0.3, -0.25) is 18.7 Å². The molecule has 1 N–H and O–H groups in total. The van der Waals surface area contributed by atoms with E-state index in [4.69, 9.17) is 9.47 Å². The molecule has 2 atom stereocenters. The van der Waals surface area contributed by atoms with Crippen molar-refractivity contribution in [3.05, 3.63) is 50.2 Å². The molecule has 1 aromatic carbocycles. The second kappa shape index (κ2) is 7.57. The normalized spacial score (nSPS) is 18.0. The molecule has 2 heterocycles. The molecule has 9 heteroatoms. The third-order valence-electron chi connectivity index (χ3n) is 5.15. The molecule has 1 aliphatic rings. The number of aromatic nitrogens is 2. The summed E-state index contributed by atoms with van der Waals surface area (Å²) in [5.41, 5.74) is 0.152. The van der Waals surface area contributed by atoms with Crippen LogP contribution in [0.3, 0.4) is 0 Å². The molecule has 0 fully saturated rings. The van der Waals surface area contributed by atoms with E-state index in [0.29, 0.717) is 11.3 Å². The Kier molecular flexibility index (Phi) is 5.32. The number of rotatable bonds is 4. The van der Waals surface area contributed by atoms with E-state index in [-0.39, 0.29) is 29.5 Å². The zero-order chi connectivity index (χ0) is 21.5. The molecule has 0 radical (unpaired) electrons. The van der Waals surface area contributed by atoms with Gasteiger partial charge in [0.1, 0.15) is 11.7 Å². The van der Waals surface area contributed by atoms with Crippen LogP contribution in [0, 0.1) is 5.92 Å². The molecule has 29 heavy (non-hydrogen) atoms. The van der Waals surface area contributed by atoms with Crippen LogP contribution >= 0.6 is 0 Å². The second-order valence-electron chi connectivity index (χ2n) is 6.83. The Labute approximate surface area is 166 Å². The fraction of sp³-hybridized carbons (Fsp3) is 0.400. The summed E-state index contributed by atoms with van der Waals surface area (Å²) < 4.78 is 12.7. The van der Waals surface area contributed by atoms with Gasteiger partial charge in [-0.1, -0.05) is 6.07 Å². The monoisotopic (exact) mass is 401 g/mol. The number of esters is 1. The van der Waals surface area contributed by atoms with Crippen LogP contribution in [0.1, 0.15) is 30.9 Å². The van der Waals surface area contributed by atoms with Gasteiger partial charge in [0.25, 0.3) is 5.56 Å². The van der Waals surface area contributed by atoms with Crippen molar-refractivity contribution in [3.8, 4) is 11.5 Å². The van der Waals surface area contributed by atoms with Crippen LogP contribution in [0.25, 0.3) is 0 Å². The Bertz CT molecular complexity index is 1130. The smallest absolute Gasteiger partial charge is 0.332 e. The lowest BCUT2D eigenvalue weighted by Crippen LogP contribution is -2.44. The van der Waals surface area contributed by atoms with Gasteiger partial charge in [-0.2, -0.15) is 0 Å². The van der Waals surface area contributed by atoms with E-state index in [9.17, 15) is 19.5 Å². The Morgan fingerprint density at radius 1 is 1.24 bits per heavy atom. The highest BCUT2D eigenvalue weighted by molar-refractivity contribution is 6.04. The SMILES string of the molecule is CCOC(=O)C1C(C)=Nc2c(c(=O)n(C)c(=O)n2C)C1c1ccc(O)c(OC)c1. The topological polar surface area (TPSA) is 112 Å². The van der Waals surface area contributed by atoms with Crippen molar-refractivity contribution in [3.63, 3.8) is 0 Å². The van der Waals surface area contributed by atoms with Gasteiger partial charge < -0.3 is 14.6 Å². The van der Waals surface area contributed by atoms with Gasteiger partial charge in [-0.25, -0.2) is 9.79 Å². The summed E-state index contributed by atoms with van der Waals surface area (Å²) in [6.07, 6.45) is 0. The Hall–Kier alpha value is -3.36. The summed E-state index contributed by atoms with van der Waals surface area (Å²) in [4.78, 5) is 42.7. The van der Waals surface area contributed by atoms with Crippen molar-refractivity contribution >= 4 is 17.5 Å². The predicted octanol–water partition coefficient (Wildman–Crippen LogP) is 1.22. The van der Waals surface area contributed by atoms with Crippen LogP contribution in [0.5, 0.6) is 11.5 Å². The molecule has 2 unspecified atom stereocenters. The minimum atomic E-state index is -0.859. The highest BCUT2D eigenvalue weighted by Crippen LogP contribution is 2.42. The number of hydrogen-bond donors (Lipinski definition) is 1. The zero-order valence-electron chi connectivity index (χ0n) is 16.9. The number of carbonyl (C=O) groups is 1. The van der Waals surface area contributed by atoms with E-state index in [2.05, 4.69) is 4.99 Å². The van der Waals surface area contributed by atoms with E-state index >= 15 is 0 Å². The number of benzene rings is 1. The molecule has 9 nitrogen and oxygen atoms in total. The molecule has 0 aliphatic carbocycles. The van der Waals surface area contributed by atoms with Crippen molar-refractivity contribution in [1.82, 2.24) is 9.13 Å². The first-order chi connectivity index (χ1) is 13.7. The number of phenolic OH excluding ortho intramolecular Hbond substituents is 1. The number of ether oxygens (including phenoxy) is 2. The first-order valence-electron chi connectivity index (χ1n) is 9.11. The van der Waals surface area contributed by atoms with Crippen molar-refractivity contribution in [2.24, 2.45) is 25.0 Å². The van der Waals surface area contributed by atoms with E-state index in [1.165, 1.54) is 31.8 Å². The van der Waals surface area contributed by atoms with Gasteiger partial charge >= 0.3 is 11.7 Å². The molecule has 0 amide bonds. The van der Waals surface area contributed by atoms with Crippen molar-refractivity contribution in [2.45, 2.75) is 19.8 Å². The van der Waals surface area contributed by atoms with Crippen LogP contribution in [0.4, 0.5) is 5.82 Å². The maximum absolute atomic E-state index is 13.1. The average molecular weight is 401 g/mol. The van der Waals surface area contributed by atoms with Crippen LogP contribution in [0.15, 0.2) is 32.8 Å². The lowest BCUT2D eigenvalue weighted by atomic mass is 9.77. The molecule has 1 aromatic heterocycles. The number of phenols is 1. The summed E-state index contributed by atoms with van der Waals surface area (Å²) in [5.74, 6) is -1.81. The number of fused-ring (bicyclic) bond motifs is 1. The summed E-state index contributed by atoms with van der Waals surface area (Å²) in [5, 5.41) is 9.97. The molecule has 0 saturated carbocycles. The summed E-state index contributed by atoms with van der Waals surface area (Å²) in [6, 6.07) is 4.62. The summed E-state index contributed by atoms with van der Waals surface area (Å²) >= 11 is 0. The van der Waals surface area contributed by atoms with Gasteiger partial charge in [-0.05, 0) is 31.5 Å². The molecule has 3 rings (SSSR count). The number of carbonyl (C=O) groups excluding carboxylic acids is 1. The van der Waals surface area contributed by atoms with E-state index in [1.54, 1.807) is 26.0 Å². The van der Waals surface area contributed by atoms with Gasteiger partial charge in [-0.15, -0.1) is 0 Å². The maximum Gasteiger partial charge on any atom is 0.332 e. The predicted molar refractivity (Wildman–Crippen MR) is 106 cm³/mol. The fourth-order valence-corrected chi connectivity index (χ4v) is 3.70. The Morgan fingerprint density at radius 2 is 1.93 bits per heavy atom. The molecule has 2 aromatic rings. The second-order valence-corrected chi connectivity index (χ2v) is 6.83. The third-order valence-corrected chi connectivity index (χ3v) is 5.15. The van der Waals surface area contributed by atoms with Gasteiger partial charge in [0, 0.05) is 25.7 Å². The Morgan fingerprint density at radius 3 is 2.55 bits per heavy atom. The van der Waals surface area contributed by atoms with E-state index < -0.39 is 29.1 Å². The zero-order valence-corrected chi connectivity index (χ0v) is 16.9. The quantitative estimate of drug-likeness (QED) is 0.771. The average Bonchev–Trinajstić information content (AvgIpc) is 2.70. The standard InChI is InChI=1S/C20H23N3O6/c1-6-29-19(26)14-10(2)21-17-16(18(25)23(4)20(27)22(17)3)15(14)11-7-8-12(24)13(9-11)28-5/h7-9,14-15,24H,6H2,1-5H3. The van der Waals surface area contributed by atoms with Gasteiger partial charge in [0.05, 0.1) is 19.3 Å². The summed E-state index contributed by atoms with van der Waals surface area (Å²) in [7, 11) is 4.31. The van der Waals surface area contributed by atoms with Gasteiger partial charge in [0.15, 0.2) is 11.5 Å². The number of hydrogen-bond acceptors (Lipinski definition) is 7. The molecular weight excluding hydrogens is 378 g/mol. The minimum Gasteiger partial charge on any atom is -0.504 e. The lowest BCUT2D eigenvalue weighted by molar-refractivity contribution is -0.146. The largest absolute Gasteiger partial charge is 0.504 e. The van der Waals surface area contributed by atoms with Crippen LogP contribution in [0.2, 0.25) is 0 Å². The number of aliphatic imine (C=N–C) groups is 1. The van der Waals surface area contributed by atoms with E-state index in [0.717, 1.165) is 4.57 Å². The van der Waals surface area contributed by atoms with E-state index in [1.807, 2.05) is 0 Å². The van der Waals surface area contributed by atoms with Crippen molar-refractivity contribution in [1.29, 1.82) is 0 Å². The molecule has 0 bridgehead atoms. The van der Waals surface area contributed by atoms with Crippen LogP contribution in [-0.2, 0) is 23.6 Å². The molecule has 1 aliphatic heterocycles. The highest BCUT2D eigenvalue weighted by atomic mass is 16.5. The van der Waals surface area contributed by atoms with Crippen molar-refractivity contribution in [2.75, 3.05) is 13.7 Å². The number of aromatic hydroxyl groups is 1. The molecular formula is C20H23N3O6. The maximum atomic E-state index is 13.1. The first kappa shape index (κ1) is 20.4. The minimum absolute atomic E-state index is 0.0706. The Balaban J connectivity index is 2.38. The first-order valence-corrected chi connectivity index (χ1v) is 9.11.